The number of rotatable bonds is 5. The van der Waals surface area contributed by atoms with E-state index < -0.39 is 11.9 Å². The summed E-state index contributed by atoms with van der Waals surface area (Å²) in [6, 6.07) is 17.9. The second kappa shape index (κ2) is 7.50. The summed E-state index contributed by atoms with van der Waals surface area (Å²) in [6.45, 7) is 8.24. The van der Waals surface area contributed by atoms with Gasteiger partial charge in [-0.15, -0.1) is 0 Å². The van der Waals surface area contributed by atoms with Gasteiger partial charge in [0.1, 0.15) is 12.4 Å². The highest BCUT2D eigenvalue weighted by Gasteiger charge is 2.42. The van der Waals surface area contributed by atoms with Crippen LogP contribution in [0.4, 0.5) is 0 Å². The first-order chi connectivity index (χ1) is 12.3. The van der Waals surface area contributed by atoms with Crippen molar-refractivity contribution < 1.29 is 14.6 Å². The van der Waals surface area contributed by atoms with Crippen molar-refractivity contribution in [1.29, 1.82) is 0 Å². The third-order valence-electron chi connectivity index (χ3n) is 5.12. The molecule has 3 rings (SSSR count). The Morgan fingerprint density at radius 2 is 1.85 bits per heavy atom. The average molecular weight is 353 g/mol. The van der Waals surface area contributed by atoms with Crippen molar-refractivity contribution in [3.63, 3.8) is 0 Å². The minimum Gasteiger partial charge on any atom is -0.489 e. The number of nitrogens with zero attached hydrogens (tertiary/aromatic N) is 1. The van der Waals surface area contributed by atoms with Gasteiger partial charge in [-0.1, -0.05) is 42.5 Å². The van der Waals surface area contributed by atoms with Gasteiger partial charge in [-0.3, -0.25) is 9.69 Å². The maximum atomic E-state index is 11.8. The van der Waals surface area contributed by atoms with E-state index in [1.54, 1.807) is 0 Å². The molecular weight excluding hydrogens is 326 g/mol. The van der Waals surface area contributed by atoms with Crippen LogP contribution in [-0.4, -0.2) is 34.6 Å². The van der Waals surface area contributed by atoms with E-state index in [0.717, 1.165) is 23.4 Å². The Labute approximate surface area is 155 Å². The minimum absolute atomic E-state index is 0.0213. The number of benzene rings is 2. The summed E-state index contributed by atoms with van der Waals surface area (Å²) >= 11 is 0. The van der Waals surface area contributed by atoms with E-state index in [-0.39, 0.29) is 11.5 Å². The number of hydrogen-bond acceptors (Lipinski definition) is 3. The van der Waals surface area contributed by atoms with E-state index >= 15 is 0 Å². The summed E-state index contributed by atoms with van der Waals surface area (Å²) < 4.78 is 5.92. The fourth-order valence-corrected chi connectivity index (χ4v) is 3.52. The Kier molecular flexibility index (Phi) is 5.33. The van der Waals surface area contributed by atoms with Crippen LogP contribution >= 0.6 is 0 Å². The topological polar surface area (TPSA) is 49.8 Å². The summed E-state index contributed by atoms with van der Waals surface area (Å²) in [5.74, 6) is -0.354. The van der Waals surface area contributed by atoms with E-state index in [9.17, 15) is 9.90 Å². The van der Waals surface area contributed by atoms with Gasteiger partial charge >= 0.3 is 5.97 Å². The lowest BCUT2D eigenvalue weighted by Gasteiger charge is -2.31. The molecule has 4 heteroatoms. The Morgan fingerprint density at radius 3 is 2.50 bits per heavy atom. The van der Waals surface area contributed by atoms with E-state index in [0.29, 0.717) is 13.2 Å². The Balaban J connectivity index is 1.76. The predicted octanol–water partition coefficient (Wildman–Crippen LogP) is 4.16. The largest absolute Gasteiger partial charge is 0.489 e. The van der Waals surface area contributed by atoms with E-state index in [1.807, 2.05) is 54.6 Å². The molecule has 0 aliphatic carbocycles. The molecule has 1 saturated heterocycles. The molecule has 1 N–H and O–H groups in total. The standard InChI is InChI=1S/C22H27NO3/c1-22(2,3)23-13-19(20(14-23)21(24)25)17-10-7-11-18(12-17)26-15-16-8-5-4-6-9-16/h4-12,19-20H,13-15H2,1-3H3,(H,24,25)/t19-,20+/m1/s1. The maximum Gasteiger partial charge on any atom is 0.308 e. The molecule has 4 nitrogen and oxygen atoms in total. The molecular formula is C22H27NO3. The van der Waals surface area contributed by atoms with Gasteiger partial charge in [-0.25, -0.2) is 0 Å². The van der Waals surface area contributed by atoms with Gasteiger partial charge < -0.3 is 9.84 Å². The number of hydrogen-bond donors (Lipinski definition) is 1. The molecule has 0 amide bonds. The molecule has 0 bridgehead atoms. The van der Waals surface area contributed by atoms with Gasteiger partial charge in [0, 0.05) is 24.5 Å². The van der Waals surface area contributed by atoms with Crippen LogP contribution in [0.5, 0.6) is 5.75 Å². The lowest BCUT2D eigenvalue weighted by atomic mass is 9.89. The van der Waals surface area contributed by atoms with Gasteiger partial charge in [0.15, 0.2) is 0 Å². The molecule has 0 aromatic heterocycles. The molecule has 1 heterocycles. The van der Waals surface area contributed by atoms with Gasteiger partial charge in [-0.05, 0) is 44.0 Å². The summed E-state index contributed by atoms with van der Waals surface area (Å²) in [6.07, 6.45) is 0. The van der Waals surface area contributed by atoms with Crippen LogP contribution < -0.4 is 4.74 Å². The van der Waals surface area contributed by atoms with Gasteiger partial charge in [-0.2, -0.15) is 0 Å². The van der Waals surface area contributed by atoms with Crippen LogP contribution in [0.25, 0.3) is 0 Å². The molecule has 0 unspecified atom stereocenters. The van der Waals surface area contributed by atoms with Gasteiger partial charge in [0.25, 0.3) is 0 Å². The molecule has 1 fully saturated rings. The van der Waals surface area contributed by atoms with Crippen molar-refractivity contribution >= 4 is 5.97 Å². The zero-order valence-electron chi connectivity index (χ0n) is 15.7. The van der Waals surface area contributed by atoms with Gasteiger partial charge in [0.05, 0.1) is 5.92 Å². The summed E-state index contributed by atoms with van der Waals surface area (Å²) in [4.78, 5) is 14.1. The molecule has 2 aromatic carbocycles. The second-order valence-electron chi connectivity index (χ2n) is 7.97. The lowest BCUT2D eigenvalue weighted by Crippen LogP contribution is -2.40. The molecule has 0 radical (unpaired) electrons. The number of likely N-dealkylation sites (tertiary alicyclic amines) is 1. The van der Waals surface area contributed by atoms with Crippen molar-refractivity contribution in [1.82, 2.24) is 4.90 Å². The van der Waals surface area contributed by atoms with Crippen molar-refractivity contribution in [3.05, 3.63) is 65.7 Å². The van der Waals surface area contributed by atoms with Gasteiger partial charge in [0.2, 0.25) is 0 Å². The highest BCUT2D eigenvalue weighted by atomic mass is 16.5. The maximum absolute atomic E-state index is 11.8. The third-order valence-corrected chi connectivity index (χ3v) is 5.12. The number of ether oxygens (including phenoxy) is 1. The molecule has 1 aliphatic heterocycles. The first-order valence-electron chi connectivity index (χ1n) is 9.09. The lowest BCUT2D eigenvalue weighted by molar-refractivity contribution is -0.141. The number of carboxylic acids is 1. The average Bonchev–Trinajstić information content (AvgIpc) is 3.07. The van der Waals surface area contributed by atoms with Crippen molar-refractivity contribution in [2.75, 3.05) is 13.1 Å². The Hall–Kier alpha value is -2.33. The molecule has 2 atom stereocenters. The normalized spacial score (nSPS) is 20.9. The SMILES string of the molecule is CC(C)(C)N1C[C@H](C(=O)O)[C@@H](c2cccc(OCc3ccccc3)c2)C1. The van der Waals surface area contributed by atoms with Crippen LogP contribution in [0.15, 0.2) is 54.6 Å². The van der Waals surface area contributed by atoms with Crippen LogP contribution in [0, 0.1) is 5.92 Å². The highest BCUT2D eigenvalue weighted by molar-refractivity contribution is 5.72. The predicted molar refractivity (Wildman–Crippen MR) is 102 cm³/mol. The van der Waals surface area contributed by atoms with Crippen molar-refractivity contribution in [3.8, 4) is 5.75 Å². The smallest absolute Gasteiger partial charge is 0.308 e. The summed E-state index contributed by atoms with van der Waals surface area (Å²) in [5, 5.41) is 9.69. The summed E-state index contributed by atoms with van der Waals surface area (Å²) in [7, 11) is 0. The molecule has 138 valence electrons. The minimum atomic E-state index is -0.725. The fraction of sp³-hybridized carbons (Fsp3) is 0.409. The Morgan fingerprint density at radius 1 is 1.12 bits per heavy atom. The molecule has 2 aromatic rings. The first-order valence-corrected chi connectivity index (χ1v) is 9.09. The number of aliphatic carboxylic acids is 1. The van der Waals surface area contributed by atoms with Crippen LogP contribution in [0.2, 0.25) is 0 Å². The van der Waals surface area contributed by atoms with E-state index in [4.69, 9.17) is 4.74 Å². The number of carbonyl (C=O) groups is 1. The Bertz CT molecular complexity index is 751. The monoisotopic (exact) mass is 353 g/mol. The van der Waals surface area contributed by atoms with E-state index in [2.05, 4.69) is 25.7 Å². The zero-order valence-corrected chi connectivity index (χ0v) is 15.7. The zero-order chi connectivity index (χ0) is 18.7. The second-order valence-corrected chi connectivity index (χ2v) is 7.97. The van der Waals surface area contributed by atoms with Crippen LogP contribution in [0.3, 0.4) is 0 Å². The first kappa shape index (κ1) is 18.5. The van der Waals surface area contributed by atoms with Crippen LogP contribution in [-0.2, 0) is 11.4 Å². The third kappa shape index (κ3) is 4.25. The fourth-order valence-electron chi connectivity index (χ4n) is 3.52. The summed E-state index contributed by atoms with van der Waals surface area (Å²) in [5.41, 5.74) is 2.11. The molecule has 0 spiro atoms. The van der Waals surface area contributed by atoms with Crippen molar-refractivity contribution in [2.24, 2.45) is 5.92 Å². The molecule has 0 saturated carbocycles. The van der Waals surface area contributed by atoms with Crippen molar-refractivity contribution in [2.45, 2.75) is 38.8 Å². The van der Waals surface area contributed by atoms with E-state index in [1.165, 1.54) is 0 Å². The number of carboxylic acid groups (broad SMARTS) is 1. The molecule has 1 aliphatic rings. The van der Waals surface area contributed by atoms with Crippen LogP contribution in [0.1, 0.15) is 37.8 Å². The quantitative estimate of drug-likeness (QED) is 0.877. The molecule has 26 heavy (non-hydrogen) atoms. The highest BCUT2D eigenvalue weighted by Crippen LogP contribution is 2.37.